The van der Waals surface area contributed by atoms with E-state index in [0.29, 0.717) is 12.5 Å². The molecule has 2 heterocycles. The fraction of sp³-hybridized carbons (Fsp3) is 0.643. The van der Waals surface area contributed by atoms with E-state index >= 15 is 0 Å². The molecule has 4 heteroatoms. The van der Waals surface area contributed by atoms with Crippen LogP contribution in [0.4, 0.5) is 5.82 Å². The van der Waals surface area contributed by atoms with E-state index in [0.717, 1.165) is 31.8 Å². The molecule has 2 rings (SSSR count). The molecule has 1 aliphatic heterocycles. The maximum absolute atomic E-state index is 5.69. The lowest BCUT2D eigenvalue weighted by Crippen LogP contribution is -2.26. The first-order valence-corrected chi connectivity index (χ1v) is 6.84. The third-order valence-electron chi connectivity index (χ3n) is 2.97. The Hall–Kier alpha value is -1.29. The second-order valence-electron chi connectivity index (χ2n) is 4.59. The van der Waals surface area contributed by atoms with Crippen molar-refractivity contribution in [3.63, 3.8) is 0 Å². The van der Waals surface area contributed by atoms with Crippen LogP contribution in [0.3, 0.4) is 0 Å². The van der Waals surface area contributed by atoms with Gasteiger partial charge in [-0.3, -0.25) is 0 Å². The summed E-state index contributed by atoms with van der Waals surface area (Å²) in [5.74, 6) is 1.55. The maximum atomic E-state index is 5.69. The highest BCUT2D eigenvalue weighted by molar-refractivity contribution is 5.36. The van der Waals surface area contributed by atoms with Crippen LogP contribution in [-0.4, -0.2) is 30.8 Å². The van der Waals surface area contributed by atoms with Crippen molar-refractivity contribution >= 4 is 5.82 Å². The van der Waals surface area contributed by atoms with E-state index < -0.39 is 0 Å². The van der Waals surface area contributed by atoms with E-state index in [1.165, 1.54) is 12.8 Å². The molecule has 0 amide bonds. The van der Waals surface area contributed by atoms with Gasteiger partial charge in [0.05, 0.1) is 6.10 Å². The van der Waals surface area contributed by atoms with Crippen LogP contribution in [0.1, 0.15) is 32.6 Å². The van der Waals surface area contributed by atoms with Gasteiger partial charge in [-0.05, 0) is 31.7 Å². The number of aromatic nitrogens is 1. The molecule has 0 aliphatic carbocycles. The van der Waals surface area contributed by atoms with E-state index in [1.807, 2.05) is 18.2 Å². The van der Waals surface area contributed by atoms with Gasteiger partial charge in [-0.25, -0.2) is 0 Å². The molecule has 1 unspecified atom stereocenters. The lowest BCUT2D eigenvalue weighted by molar-refractivity contribution is -0.0119. The summed E-state index contributed by atoms with van der Waals surface area (Å²) in [4.78, 5) is 4.41. The number of pyridine rings is 1. The van der Waals surface area contributed by atoms with Crippen LogP contribution >= 0.6 is 0 Å². The summed E-state index contributed by atoms with van der Waals surface area (Å²) in [5, 5.41) is 3.25. The van der Waals surface area contributed by atoms with Crippen molar-refractivity contribution < 1.29 is 9.47 Å². The first-order chi connectivity index (χ1) is 8.88. The number of hydrogen-bond donors (Lipinski definition) is 1. The van der Waals surface area contributed by atoms with E-state index in [9.17, 15) is 0 Å². The zero-order valence-electron chi connectivity index (χ0n) is 11.0. The standard InChI is InChI=1S/C14H22N2O2/c1-2-9-15-13-7-5-8-14(16-13)18-11-12-6-3-4-10-17-12/h5,7-8,12H,2-4,6,9-11H2,1H3,(H,15,16). The van der Waals surface area contributed by atoms with Gasteiger partial charge < -0.3 is 14.8 Å². The smallest absolute Gasteiger partial charge is 0.215 e. The van der Waals surface area contributed by atoms with Crippen molar-refractivity contribution in [1.29, 1.82) is 0 Å². The SMILES string of the molecule is CCCNc1cccc(OCC2CCCCO2)n1. The molecule has 100 valence electrons. The highest BCUT2D eigenvalue weighted by Gasteiger charge is 2.14. The highest BCUT2D eigenvalue weighted by Crippen LogP contribution is 2.16. The summed E-state index contributed by atoms with van der Waals surface area (Å²) in [6.45, 7) is 4.53. The lowest BCUT2D eigenvalue weighted by atomic mass is 10.1. The van der Waals surface area contributed by atoms with Gasteiger partial charge in [0.2, 0.25) is 5.88 Å². The number of anilines is 1. The van der Waals surface area contributed by atoms with Gasteiger partial charge >= 0.3 is 0 Å². The van der Waals surface area contributed by atoms with Crippen LogP contribution in [0.2, 0.25) is 0 Å². The summed E-state index contributed by atoms with van der Waals surface area (Å²) in [5.41, 5.74) is 0. The summed E-state index contributed by atoms with van der Waals surface area (Å²) in [6, 6.07) is 5.81. The Bertz CT molecular complexity index is 351. The zero-order chi connectivity index (χ0) is 12.6. The molecule has 0 aromatic carbocycles. The number of rotatable bonds is 6. The second-order valence-corrected chi connectivity index (χ2v) is 4.59. The molecule has 1 saturated heterocycles. The van der Waals surface area contributed by atoms with Crippen LogP contribution in [-0.2, 0) is 4.74 Å². The number of nitrogens with zero attached hydrogens (tertiary/aromatic N) is 1. The van der Waals surface area contributed by atoms with Crippen LogP contribution in [0.5, 0.6) is 5.88 Å². The Balaban J connectivity index is 1.80. The minimum atomic E-state index is 0.229. The van der Waals surface area contributed by atoms with E-state index in [-0.39, 0.29) is 6.10 Å². The molecular weight excluding hydrogens is 228 g/mol. The second kappa shape index (κ2) is 7.21. The Labute approximate surface area is 109 Å². The van der Waals surface area contributed by atoms with Gasteiger partial charge in [-0.2, -0.15) is 4.98 Å². The van der Waals surface area contributed by atoms with E-state index in [1.54, 1.807) is 0 Å². The van der Waals surface area contributed by atoms with Crippen molar-refractivity contribution in [3.8, 4) is 5.88 Å². The molecule has 1 aliphatic rings. The third-order valence-corrected chi connectivity index (χ3v) is 2.97. The Morgan fingerprint density at radius 3 is 3.17 bits per heavy atom. The molecule has 1 fully saturated rings. The molecule has 1 N–H and O–H groups in total. The molecule has 18 heavy (non-hydrogen) atoms. The van der Waals surface area contributed by atoms with Crippen molar-refractivity contribution in [2.75, 3.05) is 25.1 Å². The van der Waals surface area contributed by atoms with E-state index in [4.69, 9.17) is 9.47 Å². The summed E-state index contributed by atoms with van der Waals surface area (Å²) in [7, 11) is 0. The molecular formula is C14H22N2O2. The van der Waals surface area contributed by atoms with Gasteiger partial charge in [0.1, 0.15) is 12.4 Å². The van der Waals surface area contributed by atoms with Crippen LogP contribution < -0.4 is 10.1 Å². The minimum absolute atomic E-state index is 0.229. The van der Waals surface area contributed by atoms with Crippen LogP contribution in [0, 0.1) is 0 Å². The Morgan fingerprint density at radius 2 is 2.39 bits per heavy atom. The topological polar surface area (TPSA) is 43.4 Å². The molecule has 4 nitrogen and oxygen atoms in total. The monoisotopic (exact) mass is 250 g/mol. The van der Waals surface area contributed by atoms with Gasteiger partial charge in [-0.1, -0.05) is 13.0 Å². The molecule has 0 spiro atoms. The largest absolute Gasteiger partial charge is 0.475 e. The maximum Gasteiger partial charge on any atom is 0.215 e. The van der Waals surface area contributed by atoms with Gasteiger partial charge in [0.15, 0.2) is 0 Å². The first kappa shape index (κ1) is 13.1. The van der Waals surface area contributed by atoms with E-state index in [2.05, 4.69) is 17.2 Å². The van der Waals surface area contributed by atoms with Gasteiger partial charge in [0.25, 0.3) is 0 Å². The van der Waals surface area contributed by atoms with Gasteiger partial charge in [-0.15, -0.1) is 0 Å². The number of ether oxygens (including phenoxy) is 2. The third kappa shape index (κ3) is 4.18. The zero-order valence-corrected chi connectivity index (χ0v) is 11.0. The predicted octanol–water partition coefficient (Wildman–Crippen LogP) is 2.85. The first-order valence-electron chi connectivity index (χ1n) is 6.84. The highest BCUT2D eigenvalue weighted by atomic mass is 16.5. The molecule has 1 aromatic rings. The molecule has 0 saturated carbocycles. The van der Waals surface area contributed by atoms with Gasteiger partial charge in [0, 0.05) is 19.2 Å². The average molecular weight is 250 g/mol. The fourth-order valence-corrected chi connectivity index (χ4v) is 1.96. The summed E-state index contributed by atoms with van der Waals surface area (Å²) < 4.78 is 11.3. The lowest BCUT2D eigenvalue weighted by Gasteiger charge is -2.22. The molecule has 1 aromatic heterocycles. The normalized spacial score (nSPS) is 19.5. The number of hydrogen-bond acceptors (Lipinski definition) is 4. The van der Waals surface area contributed by atoms with Crippen molar-refractivity contribution in [3.05, 3.63) is 18.2 Å². The fourth-order valence-electron chi connectivity index (χ4n) is 1.96. The number of nitrogens with one attached hydrogen (secondary N) is 1. The average Bonchev–Trinajstić information content (AvgIpc) is 2.44. The Kier molecular flexibility index (Phi) is 5.27. The minimum Gasteiger partial charge on any atom is -0.475 e. The van der Waals surface area contributed by atoms with Crippen molar-refractivity contribution in [1.82, 2.24) is 4.98 Å². The van der Waals surface area contributed by atoms with Crippen LogP contribution in [0.25, 0.3) is 0 Å². The van der Waals surface area contributed by atoms with Crippen LogP contribution in [0.15, 0.2) is 18.2 Å². The summed E-state index contributed by atoms with van der Waals surface area (Å²) in [6.07, 6.45) is 4.81. The molecule has 1 atom stereocenters. The Morgan fingerprint density at radius 1 is 1.44 bits per heavy atom. The molecule has 0 bridgehead atoms. The summed E-state index contributed by atoms with van der Waals surface area (Å²) >= 11 is 0. The van der Waals surface area contributed by atoms with Crippen molar-refractivity contribution in [2.45, 2.75) is 38.7 Å². The predicted molar refractivity (Wildman–Crippen MR) is 72.1 cm³/mol. The molecule has 0 radical (unpaired) electrons. The quantitative estimate of drug-likeness (QED) is 0.843. The van der Waals surface area contributed by atoms with Crippen molar-refractivity contribution in [2.24, 2.45) is 0 Å².